The van der Waals surface area contributed by atoms with Gasteiger partial charge in [-0.05, 0) is 44.5 Å². The number of hydrogen-bond donors (Lipinski definition) is 1. The number of halogens is 1. The number of anilines is 1. The van der Waals surface area contributed by atoms with Crippen molar-refractivity contribution in [2.45, 2.75) is 26.7 Å². The molecule has 7 heteroatoms. The van der Waals surface area contributed by atoms with Crippen molar-refractivity contribution in [1.29, 1.82) is 0 Å². The van der Waals surface area contributed by atoms with Gasteiger partial charge in [-0.3, -0.25) is 4.79 Å². The van der Waals surface area contributed by atoms with Gasteiger partial charge in [0.2, 0.25) is 5.91 Å². The Kier molecular flexibility index (Phi) is 4.66. The van der Waals surface area contributed by atoms with Gasteiger partial charge in [0.25, 0.3) is 0 Å². The van der Waals surface area contributed by atoms with Crippen LogP contribution in [0.1, 0.15) is 23.4 Å². The number of benzene rings is 1. The molecule has 6 nitrogen and oxygen atoms in total. The molecule has 0 bridgehead atoms. The zero-order valence-electron chi connectivity index (χ0n) is 13.4. The second-order valence-corrected chi connectivity index (χ2v) is 5.87. The van der Waals surface area contributed by atoms with Crippen molar-refractivity contribution >= 4 is 23.2 Å². The number of amides is 1. The molecule has 0 unspecified atom stereocenters. The largest absolute Gasteiger partial charge is 0.361 e. The van der Waals surface area contributed by atoms with Gasteiger partial charge < -0.3 is 9.84 Å². The van der Waals surface area contributed by atoms with Crippen LogP contribution in [-0.4, -0.2) is 20.8 Å². The molecule has 124 valence electrons. The Bertz CT molecular complexity index is 836. The third kappa shape index (κ3) is 3.49. The van der Waals surface area contributed by atoms with Crippen molar-refractivity contribution in [3.63, 3.8) is 0 Å². The average molecular weight is 345 g/mol. The molecule has 0 fully saturated rings. The second kappa shape index (κ2) is 6.88. The number of rotatable bonds is 5. The summed E-state index contributed by atoms with van der Waals surface area (Å²) in [7, 11) is 0. The average Bonchev–Trinajstić information content (AvgIpc) is 3.17. The van der Waals surface area contributed by atoms with E-state index in [1.54, 1.807) is 23.0 Å². The fourth-order valence-electron chi connectivity index (χ4n) is 2.50. The van der Waals surface area contributed by atoms with Gasteiger partial charge in [-0.2, -0.15) is 5.10 Å². The summed E-state index contributed by atoms with van der Waals surface area (Å²) in [4.78, 5) is 12.1. The zero-order chi connectivity index (χ0) is 17.1. The van der Waals surface area contributed by atoms with Crippen LogP contribution in [0.3, 0.4) is 0 Å². The summed E-state index contributed by atoms with van der Waals surface area (Å²) in [5.41, 5.74) is 3.22. The molecule has 0 aliphatic carbocycles. The molecule has 0 aliphatic rings. The summed E-state index contributed by atoms with van der Waals surface area (Å²) in [5.74, 6) is 0.671. The summed E-state index contributed by atoms with van der Waals surface area (Å²) in [6.45, 7) is 3.72. The van der Waals surface area contributed by atoms with Crippen LogP contribution in [0.25, 0.3) is 5.69 Å². The summed E-state index contributed by atoms with van der Waals surface area (Å²) in [5, 5.41) is 11.4. The first-order valence-electron chi connectivity index (χ1n) is 7.56. The van der Waals surface area contributed by atoms with E-state index in [1.165, 1.54) is 0 Å². The van der Waals surface area contributed by atoms with Crippen LogP contribution in [0.2, 0.25) is 5.02 Å². The zero-order valence-corrected chi connectivity index (χ0v) is 14.2. The Morgan fingerprint density at radius 3 is 2.83 bits per heavy atom. The minimum Gasteiger partial charge on any atom is -0.361 e. The van der Waals surface area contributed by atoms with Crippen molar-refractivity contribution in [1.82, 2.24) is 14.9 Å². The lowest BCUT2D eigenvalue weighted by Gasteiger charge is -2.09. The predicted octanol–water partition coefficient (Wildman–Crippen LogP) is 3.70. The lowest BCUT2D eigenvalue weighted by atomic mass is 10.1. The molecule has 2 aromatic heterocycles. The van der Waals surface area contributed by atoms with Gasteiger partial charge in [0.05, 0.1) is 16.4 Å². The molecule has 0 aliphatic heterocycles. The molecular formula is C17H17ClN4O2. The number of carbonyl (C=O) groups excluding carboxylic acids is 1. The van der Waals surface area contributed by atoms with E-state index in [1.807, 2.05) is 32.2 Å². The Labute approximate surface area is 144 Å². The number of aryl methyl sites for hydroxylation is 2. The molecule has 0 saturated carbocycles. The predicted molar refractivity (Wildman–Crippen MR) is 91.5 cm³/mol. The lowest BCUT2D eigenvalue weighted by molar-refractivity contribution is -0.116. The highest BCUT2D eigenvalue weighted by molar-refractivity contribution is 6.32. The number of nitrogens with one attached hydrogen (secondary N) is 1. The Balaban J connectivity index is 1.63. The maximum atomic E-state index is 12.1. The maximum absolute atomic E-state index is 12.1. The molecule has 3 aromatic rings. The maximum Gasteiger partial charge on any atom is 0.224 e. The summed E-state index contributed by atoms with van der Waals surface area (Å²) in [6.07, 6.45) is 4.43. The SMILES string of the molecule is Cc1noc(C)c1CCC(=O)Nc1ccc(-n2cccn2)c(Cl)c1. The van der Waals surface area contributed by atoms with Crippen molar-refractivity contribution in [3.8, 4) is 5.69 Å². The fourth-order valence-corrected chi connectivity index (χ4v) is 2.77. The van der Waals surface area contributed by atoms with Gasteiger partial charge >= 0.3 is 0 Å². The van der Waals surface area contributed by atoms with Gasteiger partial charge in [0.1, 0.15) is 5.76 Å². The number of hydrogen-bond acceptors (Lipinski definition) is 4. The Morgan fingerprint density at radius 1 is 1.38 bits per heavy atom. The molecule has 2 heterocycles. The number of aromatic nitrogens is 3. The Morgan fingerprint density at radius 2 is 2.21 bits per heavy atom. The van der Waals surface area contributed by atoms with Crippen LogP contribution < -0.4 is 5.32 Å². The minimum atomic E-state index is -0.0853. The first kappa shape index (κ1) is 16.3. The first-order chi connectivity index (χ1) is 11.5. The monoisotopic (exact) mass is 344 g/mol. The van der Waals surface area contributed by atoms with Crippen molar-refractivity contribution in [3.05, 3.63) is 58.7 Å². The van der Waals surface area contributed by atoms with Crippen molar-refractivity contribution < 1.29 is 9.32 Å². The topological polar surface area (TPSA) is 73.0 Å². The van der Waals surface area contributed by atoms with Gasteiger partial charge in [-0.1, -0.05) is 16.8 Å². The van der Waals surface area contributed by atoms with Gasteiger partial charge in [0.15, 0.2) is 0 Å². The lowest BCUT2D eigenvalue weighted by Crippen LogP contribution is -2.13. The van der Waals surface area contributed by atoms with E-state index in [-0.39, 0.29) is 5.91 Å². The molecule has 1 aromatic carbocycles. The third-order valence-electron chi connectivity index (χ3n) is 3.77. The second-order valence-electron chi connectivity index (χ2n) is 5.47. The quantitative estimate of drug-likeness (QED) is 0.765. The minimum absolute atomic E-state index is 0.0853. The van der Waals surface area contributed by atoms with E-state index in [2.05, 4.69) is 15.6 Å². The van der Waals surface area contributed by atoms with E-state index in [4.69, 9.17) is 16.1 Å². The van der Waals surface area contributed by atoms with Gasteiger partial charge in [0, 0.05) is 30.1 Å². The molecule has 24 heavy (non-hydrogen) atoms. The third-order valence-corrected chi connectivity index (χ3v) is 4.07. The molecular weight excluding hydrogens is 328 g/mol. The van der Waals surface area contributed by atoms with E-state index in [0.717, 1.165) is 22.7 Å². The van der Waals surface area contributed by atoms with Crippen LogP contribution in [0.15, 0.2) is 41.2 Å². The van der Waals surface area contributed by atoms with Crippen LogP contribution in [0.5, 0.6) is 0 Å². The summed E-state index contributed by atoms with van der Waals surface area (Å²) >= 11 is 6.27. The molecule has 0 saturated heterocycles. The van der Waals surface area contributed by atoms with Crippen LogP contribution in [0.4, 0.5) is 5.69 Å². The van der Waals surface area contributed by atoms with Gasteiger partial charge in [-0.15, -0.1) is 0 Å². The summed E-state index contributed by atoms with van der Waals surface area (Å²) < 4.78 is 6.77. The highest BCUT2D eigenvalue weighted by Crippen LogP contribution is 2.24. The molecule has 0 spiro atoms. The number of carbonyl (C=O) groups is 1. The standard InChI is InChI=1S/C17H17ClN4O2/c1-11-14(12(2)24-21-11)5-7-17(23)20-13-4-6-16(15(18)10-13)22-9-3-8-19-22/h3-4,6,8-10H,5,7H2,1-2H3,(H,20,23). The summed E-state index contributed by atoms with van der Waals surface area (Å²) in [6, 6.07) is 7.16. The molecule has 1 amide bonds. The molecule has 3 rings (SSSR count). The number of nitrogens with zero attached hydrogens (tertiary/aromatic N) is 3. The van der Waals surface area contributed by atoms with Crippen LogP contribution >= 0.6 is 11.6 Å². The molecule has 0 radical (unpaired) electrons. The first-order valence-corrected chi connectivity index (χ1v) is 7.93. The van der Waals surface area contributed by atoms with E-state index in [9.17, 15) is 4.79 Å². The smallest absolute Gasteiger partial charge is 0.224 e. The highest BCUT2D eigenvalue weighted by Gasteiger charge is 2.12. The Hall–Kier alpha value is -2.60. The fraction of sp³-hybridized carbons (Fsp3) is 0.235. The highest BCUT2D eigenvalue weighted by atomic mass is 35.5. The van der Waals surface area contributed by atoms with Crippen LogP contribution in [0, 0.1) is 13.8 Å². The van der Waals surface area contributed by atoms with E-state index in [0.29, 0.717) is 23.6 Å². The normalized spacial score (nSPS) is 10.8. The van der Waals surface area contributed by atoms with Crippen molar-refractivity contribution in [2.24, 2.45) is 0 Å². The van der Waals surface area contributed by atoms with E-state index < -0.39 is 0 Å². The van der Waals surface area contributed by atoms with Gasteiger partial charge in [-0.25, -0.2) is 4.68 Å². The van der Waals surface area contributed by atoms with Crippen molar-refractivity contribution in [2.75, 3.05) is 5.32 Å². The van der Waals surface area contributed by atoms with E-state index >= 15 is 0 Å². The molecule has 1 N–H and O–H groups in total. The molecule has 0 atom stereocenters. The van der Waals surface area contributed by atoms with Crippen LogP contribution in [-0.2, 0) is 11.2 Å².